The van der Waals surface area contributed by atoms with Crippen LogP contribution < -0.4 is 0 Å². The van der Waals surface area contributed by atoms with Crippen molar-refractivity contribution in [2.45, 2.75) is 45.8 Å². The molecule has 2 N–H and O–H groups in total. The van der Waals surface area contributed by atoms with Crippen LogP contribution in [0.2, 0.25) is 0 Å². The van der Waals surface area contributed by atoms with Crippen molar-refractivity contribution < 1.29 is 19.7 Å². The van der Waals surface area contributed by atoms with Crippen molar-refractivity contribution in [2.75, 3.05) is 19.7 Å². The lowest BCUT2D eigenvalue weighted by Crippen LogP contribution is -2.54. The highest BCUT2D eigenvalue weighted by Gasteiger charge is 2.40. The first-order chi connectivity index (χ1) is 7.68. The van der Waals surface area contributed by atoms with Gasteiger partial charge in [0.1, 0.15) is 5.60 Å². The van der Waals surface area contributed by atoms with Crippen LogP contribution in [0.4, 0.5) is 4.79 Å². The second-order valence-corrected chi connectivity index (χ2v) is 6.02. The third-order valence-electron chi connectivity index (χ3n) is 3.04. The summed E-state index contributed by atoms with van der Waals surface area (Å²) in [6, 6.07) is 0. The van der Waals surface area contributed by atoms with Gasteiger partial charge in [-0.25, -0.2) is 4.79 Å². The zero-order chi connectivity index (χ0) is 13.3. The standard InChI is InChI=1S/C12H23NO4/c1-11(2,3)17-10(16)13-6-5-9(15)12(4,7-13)8-14/h9,14-15H,5-8H2,1-4H3/t9-,12+/m0/s1. The molecule has 0 bridgehead atoms. The molecule has 1 aliphatic heterocycles. The third-order valence-corrected chi connectivity index (χ3v) is 3.04. The van der Waals surface area contributed by atoms with Crippen molar-refractivity contribution >= 4 is 6.09 Å². The van der Waals surface area contributed by atoms with E-state index in [1.165, 1.54) is 0 Å². The maximum Gasteiger partial charge on any atom is 0.410 e. The second kappa shape index (κ2) is 4.82. The van der Waals surface area contributed by atoms with E-state index in [1.807, 2.05) is 20.8 Å². The zero-order valence-corrected chi connectivity index (χ0v) is 11.1. The van der Waals surface area contributed by atoms with Crippen molar-refractivity contribution in [3.63, 3.8) is 0 Å². The van der Waals surface area contributed by atoms with E-state index in [0.717, 1.165) is 0 Å². The highest BCUT2D eigenvalue weighted by atomic mass is 16.6. The summed E-state index contributed by atoms with van der Waals surface area (Å²) in [5.41, 5.74) is -1.18. The number of amides is 1. The van der Waals surface area contributed by atoms with Gasteiger partial charge in [-0.15, -0.1) is 0 Å². The lowest BCUT2D eigenvalue weighted by atomic mass is 9.80. The van der Waals surface area contributed by atoms with Crippen LogP contribution in [0.15, 0.2) is 0 Å². The highest BCUT2D eigenvalue weighted by molar-refractivity contribution is 5.68. The van der Waals surface area contributed by atoms with Crippen molar-refractivity contribution in [1.82, 2.24) is 4.90 Å². The Morgan fingerprint density at radius 1 is 1.53 bits per heavy atom. The average Bonchev–Trinajstić information content (AvgIpc) is 2.19. The van der Waals surface area contributed by atoms with Gasteiger partial charge in [0, 0.05) is 18.5 Å². The van der Waals surface area contributed by atoms with Gasteiger partial charge in [0.15, 0.2) is 0 Å². The Labute approximate surface area is 102 Å². The van der Waals surface area contributed by atoms with Crippen LogP contribution in [0, 0.1) is 5.41 Å². The summed E-state index contributed by atoms with van der Waals surface area (Å²) < 4.78 is 5.27. The molecular weight excluding hydrogens is 222 g/mol. The molecule has 0 spiro atoms. The number of ether oxygens (including phenoxy) is 1. The van der Waals surface area contributed by atoms with E-state index in [1.54, 1.807) is 11.8 Å². The molecule has 100 valence electrons. The Kier molecular flexibility index (Phi) is 4.04. The SMILES string of the molecule is CC(C)(C)OC(=O)N1CC[C@H](O)[C@@](C)(CO)C1. The van der Waals surface area contributed by atoms with E-state index in [9.17, 15) is 15.0 Å². The third kappa shape index (κ3) is 3.57. The van der Waals surface area contributed by atoms with Crippen LogP contribution in [0.5, 0.6) is 0 Å². The number of piperidine rings is 1. The van der Waals surface area contributed by atoms with Gasteiger partial charge in [0.2, 0.25) is 0 Å². The summed E-state index contributed by atoms with van der Waals surface area (Å²) in [6.07, 6.45) is -0.494. The minimum atomic E-state index is -0.658. The number of rotatable bonds is 1. The fourth-order valence-corrected chi connectivity index (χ4v) is 1.88. The number of carbonyl (C=O) groups is 1. The molecule has 0 aromatic heterocycles. The number of aliphatic hydroxyl groups excluding tert-OH is 2. The number of hydrogen-bond donors (Lipinski definition) is 2. The molecule has 0 aromatic carbocycles. The molecule has 17 heavy (non-hydrogen) atoms. The smallest absolute Gasteiger partial charge is 0.410 e. The van der Waals surface area contributed by atoms with Gasteiger partial charge in [-0.3, -0.25) is 0 Å². The lowest BCUT2D eigenvalue weighted by molar-refractivity contribution is -0.0675. The molecular formula is C12H23NO4. The fraction of sp³-hybridized carbons (Fsp3) is 0.917. The molecule has 0 unspecified atom stereocenters. The van der Waals surface area contributed by atoms with Gasteiger partial charge in [-0.1, -0.05) is 6.92 Å². The van der Waals surface area contributed by atoms with E-state index in [0.29, 0.717) is 19.5 Å². The van der Waals surface area contributed by atoms with E-state index < -0.39 is 17.1 Å². The first-order valence-corrected chi connectivity index (χ1v) is 5.95. The van der Waals surface area contributed by atoms with Crippen molar-refractivity contribution in [3.05, 3.63) is 0 Å². The Bertz CT molecular complexity index is 287. The van der Waals surface area contributed by atoms with E-state index in [4.69, 9.17) is 4.74 Å². The topological polar surface area (TPSA) is 70.0 Å². The monoisotopic (exact) mass is 245 g/mol. The van der Waals surface area contributed by atoms with Crippen LogP contribution in [0.1, 0.15) is 34.1 Å². The van der Waals surface area contributed by atoms with Crippen LogP contribution >= 0.6 is 0 Å². The molecule has 1 heterocycles. The Morgan fingerprint density at radius 3 is 2.59 bits per heavy atom. The summed E-state index contributed by atoms with van der Waals surface area (Å²) in [7, 11) is 0. The Hall–Kier alpha value is -0.810. The normalized spacial score (nSPS) is 30.2. The Balaban J connectivity index is 2.66. The number of nitrogens with zero attached hydrogens (tertiary/aromatic N) is 1. The van der Waals surface area contributed by atoms with Gasteiger partial charge >= 0.3 is 6.09 Å². The molecule has 0 aliphatic carbocycles. The number of aliphatic hydroxyl groups is 2. The van der Waals surface area contributed by atoms with Gasteiger partial charge in [0.25, 0.3) is 0 Å². The molecule has 0 aromatic rings. The molecule has 5 nitrogen and oxygen atoms in total. The van der Waals surface area contributed by atoms with Crippen molar-refractivity contribution in [2.24, 2.45) is 5.41 Å². The minimum absolute atomic E-state index is 0.145. The molecule has 1 aliphatic rings. The maximum absolute atomic E-state index is 11.9. The zero-order valence-electron chi connectivity index (χ0n) is 11.1. The largest absolute Gasteiger partial charge is 0.444 e. The summed E-state index contributed by atoms with van der Waals surface area (Å²) in [4.78, 5) is 13.4. The van der Waals surface area contributed by atoms with E-state index in [2.05, 4.69) is 0 Å². The summed E-state index contributed by atoms with van der Waals surface area (Å²) >= 11 is 0. The fourth-order valence-electron chi connectivity index (χ4n) is 1.88. The van der Waals surface area contributed by atoms with E-state index >= 15 is 0 Å². The number of carbonyl (C=O) groups excluding carboxylic acids is 1. The second-order valence-electron chi connectivity index (χ2n) is 6.02. The molecule has 0 radical (unpaired) electrons. The molecule has 5 heteroatoms. The van der Waals surface area contributed by atoms with Crippen LogP contribution in [0.3, 0.4) is 0 Å². The maximum atomic E-state index is 11.9. The first kappa shape index (κ1) is 14.3. The van der Waals surface area contributed by atoms with Gasteiger partial charge < -0.3 is 19.8 Å². The molecule has 1 rings (SSSR count). The van der Waals surface area contributed by atoms with Crippen molar-refractivity contribution in [1.29, 1.82) is 0 Å². The van der Waals surface area contributed by atoms with E-state index in [-0.39, 0.29) is 12.7 Å². The van der Waals surface area contributed by atoms with Gasteiger partial charge in [0.05, 0.1) is 12.7 Å². The van der Waals surface area contributed by atoms with Gasteiger partial charge in [-0.05, 0) is 27.2 Å². The van der Waals surface area contributed by atoms with Crippen LogP contribution in [-0.2, 0) is 4.74 Å². The Morgan fingerprint density at radius 2 is 2.12 bits per heavy atom. The summed E-state index contributed by atoms with van der Waals surface area (Å²) in [5, 5.41) is 19.1. The summed E-state index contributed by atoms with van der Waals surface area (Å²) in [5.74, 6) is 0. The van der Waals surface area contributed by atoms with Crippen LogP contribution in [0.25, 0.3) is 0 Å². The quantitative estimate of drug-likeness (QED) is 0.722. The number of likely N-dealkylation sites (tertiary alicyclic amines) is 1. The molecule has 2 atom stereocenters. The number of hydrogen-bond acceptors (Lipinski definition) is 4. The molecule has 0 saturated carbocycles. The summed E-state index contributed by atoms with van der Waals surface area (Å²) in [6.45, 7) is 7.85. The minimum Gasteiger partial charge on any atom is -0.444 e. The first-order valence-electron chi connectivity index (χ1n) is 5.95. The predicted molar refractivity (Wildman–Crippen MR) is 63.6 cm³/mol. The lowest BCUT2D eigenvalue weighted by Gasteiger charge is -2.42. The average molecular weight is 245 g/mol. The predicted octanol–water partition coefficient (Wildman–Crippen LogP) is 0.987. The molecule has 1 amide bonds. The van der Waals surface area contributed by atoms with Gasteiger partial charge in [-0.2, -0.15) is 0 Å². The molecule has 1 saturated heterocycles. The highest BCUT2D eigenvalue weighted by Crippen LogP contribution is 2.30. The molecule has 1 fully saturated rings. The van der Waals surface area contributed by atoms with Crippen LogP contribution in [-0.4, -0.2) is 52.6 Å². The van der Waals surface area contributed by atoms with Crippen molar-refractivity contribution in [3.8, 4) is 0 Å².